The van der Waals surface area contributed by atoms with E-state index in [4.69, 9.17) is 11.6 Å². The van der Waals surface area contributed by atoms with Gasteiger partial charge in [0.2, 0.25) is 10.0 Å². The Hall–Kier alpha value is -0.0100. The molecule has 0 aliphatic carbocycles. The standard InChI is InChI=1S/C7H7ClINO2S/c1-13(11,12)10-5-2-3-7(9)6(8)4-5/h2-4,10H,1H3. The first-order chi connectivity index (χ1) is 5.88. The van der Waals surface area contributed by atoms with Crippen molar-refractivity contribution in [1.29, 1.82) is 0 Å². The zero-order chi connectivity index (χ0) is 10.1. The van der Waals surface area contributed by atoms with Crippen LogP contribution in [0.4, 0.5) is 5.69 Å². The van der Waals surface area contributed by atoms with Gasteiger partial charge in [-0.2, -0.15) is 0 Å². The van der Waals surface area contributed by atoms with Crippen molar-refractivity contribution in [2.45, 2.75) is 0 Å². The Kier molecular flexibility index (Phi) is 3.42. The summed E-state index contributed by atoms with van der Waals surface area (Å²) in [4.78, 5) is 0. The van der Waals surface area contributed by atoms with Gasteiger partial charge < -0.3 is 0 Å². The van der Waals surface area contributed by atoms with Crippen molar-refractivity contribution in [3.8, 4) is 0 Å². The van der Waals surface area contributed by atoms with E-state index < -0.39 is 10.0 Å². The van der Waals surface area contributed by atoms with Gasteiger partial charge in [0.05, 0.1) is 17.0 Å². The number of anilines is 1. The summed E-state index contributed by atoms with van der Waals surface area (Å²) in [5.74, 6) is 0. The topological polar surface area (TPSA) is 46.2 Å². The molecule has 0 heterocycles. The van der Waals surface area contributed by atoms with E-state index >= 15 is 0 Å². The summed E-state index contributed by atoms with van der Waals surface area (Å²) in [5, 5.41) is 0.536. The van der Waals surface area contributed by atoms with Crippen molar-refractivity contribution in [3.05, 3.63) is 26.8 Å². The smallest absolute Gasteiger partial charge is 0.229 e. The minimum atomic E-state index is -3.22. The molecule has 72 valence electrons. The largest absolute Gasteiger partial charge is 0.284 e. The SMILES string of the molecule is CS(=O)(=O)Nc1ccc(I)c(Cl)c1. The van der Waals surface area contributed by atoms with E-state index in [9.17, 15) is 8.42 Å². The average molecular weight is 332 g/mol. The predicted molar refractivity (Wildman–Crippen MR) is 62.6 cm³/mol. The third-order valence-corrected chi connectivity index (χ3v) is 3.40. The van der Waals surface area contributed by atoms with Crippen LogP contribution in [-0.2, 0) is 10.0 Å². The van der Waals surface area contributed by atoms with Gasteiger partial charge in [0.1, 0.15) is 0 Å². The third-order valence-electron chi connectivity index (χ3n) is 1.22. The molecule has 0 fully saturated rings. The minimum Gasteiger partial charge on any atom is -0.284 e. The van der Waals surface area contributed by atoms with E-state index in [1.54, 1.807) is 18.2 Å². The molecule has 0 aliphatic heterocycles. The molecule has 0 unspecified atom stereocenters. The van der Waals surface area contributed by atoms with E-state index in [1.807, 2.05) is 0 Å². The molecule has 0 bridgehead atoms. The molecule has 0 saturated carbocycles. The van der Waals surface area contributed by atoms with Gasteiger partial charge in [0, 0.05) is 3.57 Å². The zero-order valence-electron chi connectivity index (χ0n) is 6.71. The van der Waals surface area contributed by atoms with Gasteiger partial charge in [-0.15, -0.1) is 0 Å². The third kappa shape index (κ3) is 3.70. The maximum Gasteiger partial charge on any atom is 0.229 e. The second kappa shape index (κ2) is 4.02. The molecule has 0 amide bonds. The van der Waals surface area contributed by atoms with Crippen molar-refractivity contribution in [3.63, 3.8) is 0 Å². The van der Waals surface area contributed by atoms with Gasteiger partial charge in [-0.3, -0.25) is 4.72 Å². The second-order valence-corrected chi connectivity index (χ2v) is 5.82. The summed E-state index contributed by atoms with van der Waals surface area (Å²) in [7, 11) is -3.22. The van der Waals surface area contributed by atoms with Crippen LogP contribution in [0, 0.1) is 3.57 Å². The van der Waals surface area contributed by atoms with Gasteiger partial charge in [-0.05, 0) is 40.8 Å². The molecule has 1 aromatic carbocycles. The zero-order valence-corrected chi connectivity index (χ0v) is 10.4. The highest BCUT2D eigenvalue weighted by molar-refractivity contribution is 14.1. The Balaban J connectivity index is 2.99. The van der Waals surface area contributed by atoms with Crippen molar-refractivity contribution in [2.24, 2.45) is 0 Å². The molecule has 1 aromatic rings. The molecule has 0 spiro atoms. The van der Waals surface area contributed by atoms with Crippen molar-refractivity contribution in [2.75, 3.05) is 11.0 Å². The summed E-state index contributed by atoms with van der Waals surface area (Å²) < 4.78 is 24.9. The molecule has 0 aromatic heterocycles. The first kappa shape index (κ1) is 11.1. The fourth-order valence-electron chi connectivity index (χ4n) is 0.774. The molecule has 1 rings (SSSR count). The maximum atomic E-state index is 10.8. The maximum absolute atomic E-state index is 10.8. The summed E-state index contributed by atoms with van der Waals surface area (Å²) in [5.41, 5.74) is 0.480. The predicted octanol–water partition coefficient (Wildman–Crippen LogP) is 2.32. The van der Waals surface area contributed by atoms with Crippen LogP contribution in [0.5, 0.6) is 0 Å². The lowest BCUT2D eigenvalue weighted by atomic mass is 10.3. The highest BCUT2D eigenvalue weighted by atomic mass is 127. The molecule has 13 heavy (non-hydrogen) atoms. The molecular formula is C7H7ClINO2S. The highest BCUT2D eigenvalue weighted by Gasteiger charge is 2.03. The van der Waals surface area contributed by atoms with Gasteiger partial charge >= 0.3 is 0 Å². The van der Waals surface area contributed by atoms with Crippen LogP contribution in [0.15, 0.2) is 18.2 Å². The van der Waals surface area contributed by atoms with Crippen molar-refractivity contribution >= 4 is 49.9 Å². The molecule has 0 saturated heterocycles. The molecule has 0 atom stereocenters. The monoisotopic (exact) mass is 331 g/mol. The quantitative estimate of drug-likeness (QED) is 0.845. The number of halogens is 2. The summed E-state index contributed by atoms with van der Waals surface area (Å²) >= 11 is 7.87. The summed E-state index contributed by atoms with van der Waals surface area (Å²) in [6.07, 6.45) is 1.10. The normalized spacial score (nSPS) is 11.3. The lowest BCUT2D eigenvalue weighted by molar-refractivity contribution is 0.607. The number of nitrogens with one attached hydrogen (secondary N) is 1. The molecule has 6 heteroatoms. The number of rotatable bonds is 2. The molecule has 0 aliphatic rings. The van der Waals surface area contributed by atoms with Crippen molar-refractivity contribution in [1.82, 2.24) is 0 Å². The molecule has 1 N–H and O–H groups in total. The van der Waals surface area contributed by atoms with E-state index in [0.717, 1.165) is 9.83 Å². The van der Waals surface area contributed by atoms with Crippen LogP contribution in [0.25, 0.3) is 0 Å². The van der Waals surface area contributed by atoms with Crippen LogP contribution in [0.2, 0.25) is 5.02 Å². The Morgan fingerprint density at radius 3 is 2.54 bits per heavy atom. The number of benzene rings is 1. The fraction of sp³-hybridized carbons (Fsp3) is 0.143. The lowest BCUT2D eigenvalue weighted by Gasteiger charge is -2.04. The van der Waals surface area contributed by atoms with Gasteiger partial charge in [0.25, 0.3) is 0 Å². The van der Waals surface area contributed by atoms with Crippen molar-refractivity contribution < 1.29 is 8.42 Å². The Labute approximate surface area is 95.7 Å². The van der Waals surface area contributed by atoms with Gasteiger partial charge in [0.15, 0.2) is 0 Å². The Morgan fingerprint density at radius 1 is 1.46 bits per heavy atom. The Bertz CT molecular complexity index is 419. The van der Waals surface area contributed by atoms with Gasteiger partial charge in [-0.25, -0.2) is 8.42 Å². The summed E-state index contributed by atoms with van der Waals surface area (Å²) in [6.45, 7) is 0. The Morgan fingerprint density at radius 2 is 2.08 bits per heavy atom. The van der Waals surface area contributed by atoms with E-state index in [1.165, 1.54) is 0 Å². The van der Waals surface area contributed by atoms with Crippen LogP contribution in [0.3, 0.4) is 0 Å². The van der Waals surface area contributed by atoms with Crippen LogP contribution < -0.4 is 4.72 Å². The molecule has 3 nitrogen and oxygen atoms in total. The number of sulfonamides is 1. The highest BCUT2D eigenvalue weighted by Crippen LogP contribution is 2.22. The molecule has 0 radical (unpaired) electrons. The van der Waals surface area contributed by atoms with Crippen LogP contribution >= 0.6 is 34.2 Å². The summed E-state index contributed by atoms with van der Waals surface area (Å²) in [6, 6.07) is 4.98. The second-order valence-electron chi connectivity index (χ2n) is 2.50. The number of hydrogen-bond acceptors (Lipinski definition) is 2. The van der Waals surface area contributed by atoms with E-state index in [-0.39, 0.29) is 0 Å². The van der Waals surface area contributed by atoms with Gasteiger partial charge in [-0.1, -0.05) is 11.6 Å². The number of hydrogen-bond donors (Lipinski definition) is 1. The van der Waals surface area contributed by atoms with E-state index in [2.05, 4.69) is 27.3 Å². The van der Waals surface area contributed by atoms with E-state index in [0.29, 0.717) is 10.7 Å². The minimum absolute atomic E-state index is 0.480. The fourth-order valence-corrected chi connectivity index (χ4v) is 1.84. The van der Waals surface area contributed by atoms with Crippen LogP contribution in [-0.4, -0.2) is 14.7 Å². The molecular weight excluding hydrogens is 325 g/mol. The average Bonchev–Trinajstić information content (AvgIpc) is 1.94. The van der Waals surface area contributed by atoms with Crippen LogP contribution in [0.1, 0.15) is 0 Å². The first-order valence-corrected chi connectivity index (χ1v) is 6.66. The lowest BCUT2D eigenvalue weighted by Crippen LogP contribution is -2.09. The first-order valence-electron chi connectivity index (χ1n) is 3.31.